The van der Waals surface area contributed by atoms with Gasteiger partial charge in [0, 0.05) is 23.9 Å². The molecule has 13 heteroatoms. The van der Waals surface area contributed by atoms with Crippen LogP contribution in [-0.2, 0) is 40.0 Å². The first-order valence-corrected chi connectivity index (χ1v) is 18.2. The van der Waals surface area contributed by atoms with Gasteiger partial charge in [0.1, 0.15) is 12.2 Å². The van der Waals surface area contributed by atoms with Crippen molar-refractivity contribution in [1.29, 1.82) is 0 Å². The third kappa shape index (κ3) is 5.85. The molecule has 0 aromatic carbocycles. The highest BCUT2D eigenvalue weighted by Crippen LogP contribution is 2.41. The molecule has 6 heterocycles. The zero-order chi connectivity index (χ0) is 30.9. The summed E-state index contributed by atoms with van der Waals surface area (Å²) in [5.41, 5.74) is 3.28. The number of ether oxygens (including phenoxy) is 3. The number of aliphatic hydroxyl groups is 1. The van der Waals surface area contributed by atoms with E-state index in [1.807, 2.05) is 12.3 Å². The fraction of sp³-hybridized carbons (Fsp3) is 0.633. The summed E-state index contributed by atoms with van der Waals surface area (Å²) < 4.78 is 27.1. The number of imidazole rings is 1. The number of aromatic amines is 1. The molecule has 234 valence electrons. The number of halogens is 1. The molecule has 3 aromatic rings. The lowest BCUT2D eigenvalue weighted by Gasteiger charge is -2.39. The van der Waals surface area contributed by atoms with Crippen molar-refractivity contribution < 1.29 is 23.7 Å². The van der Waals surface area contributed by atoms with E-state index in [4.69, 9.17) is 40.2 Å². The van der Waals surface area contributed by atoms with Crippen molar-refractivity contribution >= 4 is 36.9 Å². The van der Waals surface area contributed by atoms with E-state index in [0.717, 1.165) is 22.3 Å². The maximum Gasteiger partial charge on any atom is 0.296 e. The van der Waals surface area contributed by atoms with Crippen molar-refractivity contribution in [3.05, 3.63) is 40.7 Å². The second kappa shape index (κ2) is 10.8. The molecule has 2 saturated heterocycles. The van der Waals surface area contributed by atoms with Crippen LogP contribution in [0.2, 0.25) is 23.2 Å². The molecular weight excluding hydrogens is 588 g/mol. The quantitative estimate of drug-likeness (QED) is 0.255. The van der Waals surface area contributed by atoms with Crippen LogP contribution in [0.5, 0.6) is 6.01 Å². The van der Waals surface area contributed by atoms with Crippen LogP contribution >= 0.6 is 11.6 Å². The number of allylic oxidation sites excluding steroid dienone is 1. The highest BCUT2D eigenvalue weighted by Gasteiger charge is 2.52. The van der Waals surface area contributed by atoms with E-state index in [-0.39, 0.29) is 29.5 Å². The summed E-state index contributed by atoms with van der Waals surface area (Å²) in [5.74, 6) is 0.644. The van der Waals surface area contributed by atoms with Gasteiger partial charge in [-0.25, -0.2) is 4.98 Å². The molecule has 6 rings (SSSR count). The number of anilines is 1. The Morgan fingerprint density at radius 3 is 2.49 bits per heavy atom. The lowest BCUT2D eigenvalue weighted by atomic mass is 10.1. The van der Waals surface area contributed by atoms with Gasteiger partial charge in [-0.15, -0.1) is 6.58 Å². The van der Waals surface area contributed by atoms with Crippen molar-refractivity contribution in [3.8, 4) is 6.01 Å². The Balaban J connectivity index is 1.20. The minimum absolute atomic E-state index is 0.0971. The van der Waals surface area contributed by atoms with Crippen molar-refractivity contribution in [1.82, 2.24) is 24.7 Å². The predicted octanol–water partition coefficient (Wildman–Crippen LogP) is 4.76. The maximum absolute atomic E-state index is 10.2. The van der Waals surface area contributed by atoms with Crippen LogP contribution < -0.4 is 9.64 Å². The Labute approximate surface area is 258 Å². The largest absolute Gasteiger partial charge is 0.456 e. The summed E-state index contributed by atoms with van der Waals surface area (Å²) in [6.07, 6.45) is 3.48. The molecule has 4 atom stereocenters. The Bertz CT molecular complexity index is 1500. The molecule has 0 aliphatic carbocycles. The van der Waals surface area contributed by atoms with Crippen molar-refractivity contribution in [2.24, 2.45) is 0 Å². The van der Waals surface area contributed by atoms with Gasteiger partial charge in [0.05, 0.1) is 54.2 Å². The smallest absolute Gasteiger partial charge is 0.296 e. The Kier molecular flexibility index (Phi) is 7.70. The van der Waals surface area contributed by atoms with Crippen molar-refractivity contribution in [3.63, 3.8) is 0 Å². The van der Waals surface area contributed by atoms with Crippen LogP contribution in [0.15, 0.2) is 18.9 Å². The summed E-state index contributed by atoms with van der Waals surface area (Å²) in [4.78, 5) is 15.0. The van der Waals surface area contributed by atoms with E-state index in [1.165, 1.54) is 0 Å². The van der Waals surface area contributed by atoms with E-state index >= 15 is 0 Å². The monoisotopic (exact) mass is 630 g/mol. The summed E-state index contributed by atoms with van der Waals surface area (Å²) in [5, 5.41) is 15.5. The molecule has 0 amide bonds. The molecule has 2 N–H and O–H groups in total. The van der Waals surface area contributed by atoms with E-state index in [1.54, 1.807) is 18.5 Å². The standard InChI is InChI=1S/C30H43ClN6O5Si/c1-9-10-18-22(31)27(36-11-17-12-37(16-30(5,6)38)35-19(17)13-36)33-26-23(18)32-28(34-26)41-20-14-39-25-21(15-40-24(20)25)42-43(7,8)29(2,3)4/h9,12,20-21,24-25,38H,1,10-11,13-16H2,2-8H3,(H,32,33,34)/t20-,21-,24-,25-/m1/s1. The third-order valence-electron chi connectivity index (χ3n) is 8.94. The van der Waals surface area contributed by atoms with Gasteiger partial charge in [-0.1, -0.05) is 38.4 Å². The van der Waals surface area contributed by atoms with Gasteiger partial charge in [0.15, 0.2) is 25.9 Å². The number of rotatable bonds is 9. The maximum atomic E-state index is 10.2. The van der Waals surface area contributed by atoms with Crippen LogP contribution in [0.25, 0.3) is 11.2 Å². The van der Waals surface area contributed by atoms with Gasteiger partial charge < -0.3 is 33.6 Å². The van der Waals surface area contributed by atoms with Crippen molar-refractivity contribution in [2.75, 3.05) is 18.1 Å². The molecule has 0 radical (unpaired) electrons. The number of H-pyrrole nitrogens is 1. The van der Waals surface area contributed by atoms with E-state index in [0.29, 0.717) is 61.8 Å². The molecule has 3 aliphatic heterocycles. The Hall–Kier alpha value is -2.48. The molecule has 0 spiro atoms. The number of hydrogen-bond donors (Lipinski definition) is 2. The summed E-state index contributed by atoms with van der Waals surface area (Å²) >= 11 is 6.98. The second-order valence-corrected chi connectivity index (χ2v) is 19.2. The molecule has 2 fully saturated rings. The Morgan fingerprint density at radius 1 is 1.14 bits per heavy atom. The topological polar surface area (TPSA) is 120 Å². The van der Waals surface area contributed by atoms with Gasteiger partial charge in [-0.05, 0) is 38.4 Å². The van der Waals surface area contributed by atoms with Gasteiger partial charge >= 0.3 is 0 Å². The van der Waals surface area contributed by atoms with E-state index < -0.39 is 13.9 Å². The number of fused-ring (bicyclic) bond motifs is 3. The molecule has 3 aliphatic rings. The van der Waals surface area contributed by atoms with Crippen LogP contribution in [0.3, 0.4) is 0 Å². The first kappa shape index (κ1) is 30.5. The molecule has 0 saturated carbocycles. The number of hydrogen-bond acceptors (Lipinski definition) is 9. The Morgan fingerprint density at radius 2 is 1.84 bits per heavy atom. The summed E-state index contributed by atoms with van der Waals surface area (Å²) in [7, 11) is -1.98. The zero-order valence-corrected chi connectivity index (χ0v) is 27.9. The lowest BCUT2D eigenvalue weighted by molar-refractivity contribution is 0.0116. The number of nitrogens with zero attached hydrogens (tertiary/aromatic N) is 5. The van der Waals surface area contributed by atoms with Gasteiger partial charge in [-0.2, -0.15) is 10.1 Å². The second-order valence-electron chi connectivity index (χ2n) is 14.1. The SMILES string of the molecule is C=CCc1c(Cl)c(N2Cc3cn(CC(C)(C)O)nc3C2)nc2nc(O[C@@H]3CO[C@H]4[C@@H]3OC[C@H]4O[Si](C)(C)C(C)(C)C)[nH]c12. The summed E-state index contributed by atoms with van der Waals surface area (Å²) in [6, 6.07) is 0.347. The van der Waals surface area contributed by atoms with Gasteiger partial charge in [-0.3, -0.25) is 4.68 Å². The lowest BCUT2D eigenvalue weighted by Crippen LogP contribution is -2.47. The highest BCUT2D eigenvalue weighted by molar-refractivity contribution is 6.74. The highest BCUT2D eigenvalue weighted by atomic mass is 35.5. The first-order valence-electron chi connectivity index (χ1n) is 14.9. The summed E-state index contributed by atoms with van der Waals surface area (Å²) in [6.45, 7) is 21.1. The molecule has 3 aromatic heterocycles. The van der Waals surface area contributed by atoms with Gasteiger partial charge in [0.2, 0.25) is 0 Å². The molecular formula is C30H43ClN6O5Si. The number of pyridine rings is 1. The third-order valence-corrected chi connectivity index (χ3v) is 13.8. The fourth-order valence-corrected chi connectivity index (χ4v) is 7.44. The van der Waals surface area contributed by atoms with Crippen LogP contribution in [0.1, 0.15) is 51.4 Å². The number of nitrogens with one attached hydrogen (secondary N) is 1. The number of aromatic nitrogens is 5. The average Bonchev–Trinajstić information content (AvgIpc) is 3.68. The normalized spacial score (nSPS) is 24.2. The predicted molar refractivity (Wildman–Crippen MR) is 167 cm³/mol. The van der Waals surface area contributed by atoms with Gasteiger partial charge in [0.25, 0.3) is 6.01 Å². The molecule has 43 heavy (non-hydrogen) atoms. The van der Waals surface area contributed by atoms with E-state index in [9.17, 15) is 5.11 Å². The average molecular weight is 631 g/mol. The van der Waals surface area contributed by atoms with E-state index in [2.05, 4.69) is 55.4 Å². The molecule has 0 unspecified atom stereocenters. The van der Waals surface area contributed by atoms with Crippen LogP contribution in [0, 0.1) is 0 Å². The molecule has 11 nitrogen and oxygen atoms in total. The first-order chi connectivity index (χ1) is 20.1. The van der Waals surface area contributed by atoms with Crippen LogP contribution in [0.4, 0.5) is 5.82 Å². The van der Waals surface area contributed by atoms with Crippen molar-refractivity contribution in [2.45, 2.75) is 109 Å². The fourth-order valence-electron chi connectivity index (χ4n) is 5.80. The molecule has 0 bridgehead atoms. The van der Waals surface area contributed by atoms with Crippen LogP contribution in [-0.4, -0.2) is 81.4 Å². The zero-order valence-electron chi connectivity index (χ0n) is 26.1. The minimum atomic E-state index is -1.98. The minimum Gasteiger partial charge on any atom is -0.456 e.